The zero-order chi connectivity index (χ0) is 13.8. The van der Waals surface area contributed by atoms with Crippen LogP contribution >= 0.6 is 0 Å². The first-order valence-corrected chi connectivity index (χ1v) is 7.48. The molecule has 2 rings (SSSR count). The van der Waals surface area contributed by atoms with Crippen molar-refractivity contribution >= 4 is 11.6 Å². The molecule has 1 heterocycles. The second-order valence-electron chi connectivity index (χ2n) is 5.75. The molecule has 0 bridgehead atoms. The van der Waals surface area contributed by atoms with E-state index in [1.54, 1.807) is 0 Å². The number of nitrogens with zero attached hydrogens (tertiary/aromatic N) is 2. The van der Waals surface area contributed by atoms with Crippen LogP contribution in [0.25, 0.3) is 0 Å². The van der Waals surface area contributed by atoms with Crippen molar-refractivity contribution < 1.29 is 0 Å². The lowest BCUT2D eigenvalue weighted by molar-refractivity contribution is 0.746. The molecule has 0 saturated heterocycles. The fourth-order valence-electron chi connectivity index (χ4n) is 2.11. The highest BCUT2D eigenvalue weighted by Crippen LogP contribution is 2.32. The van der Waals surface area contributed by atoms with E-state index in [0.717, 1.165) is 42.0 Å². The summed E-state index contributed by atoms with van der Waals surface area (Å²) in [7, 11) is 0. The normalized spacial score (nSPS) is 14.8. The lowest BCUT2D eigenvalue weighted by Gasteiger charge is -2.15. The third-order valence-electron chi connectivity index (χ3n) is 3.57. The largest absolute Gasteiger partial charge is 0.370 e. The Labute approximate surface area is 116 Å². The van der Waals surface area contributed by atoms with Gasteiger partial charge in [0.15, 0.2) is 0 Å². The zero-order valence-electron chi connectivity index (χ0n) is 12.6. The summed E-state index contributed by atoms with van der Waals surface area (Å²) in [5.74, 6) is 4.18. The van der Waals surface area contributed by atoms with Crippen molar-refractivity contribution in [2.45, 2.75) is 52.9 Å². The topological polar surface area (TPSA) is 49.8 Å². The first-order valence-electron chi connectivity index (χ1n) is 7.48. The Balaban J connectivity index is 2.12. The molecule has 0 atom stereocenters. The summed E-state index contributed by atoms with van der Waals surface area (Å²) in [4.78, 5) is 9.29. The van der Waals surface area contributed by atoms with Crippen molar-refractivity contribution in [1.82, 2.24) is 9.97 Å². The Hall–Kier alpha value is -1.32. The predicted octanol–water partition coefficient (Wildman–Crippen LogP) is 3.55. The molecule has 4 heteroatoms. The van der Waals surface area contributed by atoms with Crippen LogP contribution in [0.15, 0.2) is 0 Å². The average molecular weight is 262 g/mol. The highest BCUT2D eigenvalue weighted by Gasteiger charge is 2.20. The SMILES string of the molecule is CCNc1nc(C(C)C)nc(NCCC2CC2)c1C. The number of rotatable bonds is 7. The molecular formula is C15H26N4. The molecule has 4 nitrogen and oxygen atoms in total. The van der Waals surface area contributed by atoms with Gasteiger partial charge in [0, 0.05) is 24.6 Å². The van der Waals surface area contributed by atoms with Gasteiger partial charge in [-0.25, -0.2) is 9.97 Å². The van der Waals surface area contributed by atoms with Crippen LogP contribution in [0.3, 0.4) is 0 Å². The van der Waals surface area contributed by atoms with E-state index in [4.69, 9.17) is 0 Å². The number of aromatic nitrogens is 2. The van der Waals surface area contributed by atoms with Gasteiger partial charge < -0.3 is 10.6 Å². The minimum atomic E-state index is 0.349. The van der Waals surface area contributed by atoms with Gasteiger partial charge in [0.05, 0.1) is 0 Å². The number of nitrogens with one attached hydrogen (secondary N) is 2. The van der Waals surface area contributed by atoms with Crippen molar-refractivity contribution in [3.63, 3.8) is 0 Å². The maximum atomic E-state index is 4.67. The number of hydrogen-bond acceptors (Lipinski definition) is 4. The minimum absolute atomic E-state index is 0.349. The third-order valence-corrected chi connectivity index (χ3v) is 3.57. The molecule has 1 aromatic heterocycles. The van der Waals surface area contributed by atoms with Crippen LogP contribution in [0, 0.1) is 12.8 Å². The van der Waals surface area contributed by atoms with E-state index < -0.39 is 0 Å². The molecular weight excluding hydrogens is 236 g/mol. The fourth-order valence-corrected chi connectivity index (χ4v) is 2.11. The van der Waals surface area contributed by atoms with E-state index in [1.807, 2.05) is 0 Å². The van der Waals surface area contributed by atoms with Crippen LogP contribution in [0.1, 0.15) is 57.3 Å². The molecule has 0 amide bonds. The van der Waals surface area contributed by atoms with E-state index in [9.17, 15) is 0 Å². The van der Waals surface area contributed by atoms with Gasteiger partial charge in [-0.05, 0) is 26.2 Å². The summed E-state index contributed by atoms with van der Waals surface area (Å²) in [6, 6.07) is 0. The minimum Gasteiger partial charge on any atom is -0.370 e. The van der Waals surface area contributed by atoms with Crippen molar-refractivity contribution in [2.75, 3.05) is 23.7 Å². The van der Waals surface area contributed by atoms with Gasteiger partial charge in [-0.15, -0.1) is 0 Å². The molecule has 1 aromatic rings. The van der Waals surface area contributed by atoms with E-state index in [1.165, 1.54) is 19.3 Å². The first kappa shape index (κ1) is 14.1. The van der Waals surface area contributed by atoms with E-state index >= 15 is 0 Å². The molecule has 1 saturated carbocycles. The summed E-state index contributed by atoms with van der Waals surface area (Å²) < 4.78 is 0. The van der Waals surface area contributed by atoms with Crippen LogP contribution in [0.2, 0.25) is 0 Å². The van der Waals surface area contributed by atoms with Gasteiger partial charge >= 0.3 is 0 Å². The van der Waals surface area contributed by atoms with E-state index in [0.29, 0.717) is 5.92 Å². The molecule has 1 aliphatic carbocycles. The van der Waals surface area contributed by atoms with E-state index in [2.05, 4.69) is 48.3 Å². The Morgan fingerprint density at radius 1 is 1.16 bits per heavy atom. The van der Waals surface area contributed by atoms with Gasteiger partial charge in [0.1, 0.15) is 17.5 Å². The van der Waals surface area contributed by atoms with Crippen LogP contribution in [0.4, 0.5) is 11.6 Å². The molecule has 2 N–H and O–H groups in total. The molecule has 0 spiro atoms. The summed E-state index contributed by atoms with van der Waals surface area (Å²) in [5, 5.41) is 6.82. The summed E-state index contributed by atoms with van der Waals surface area (Å²) in [6.07, 6.45) is 4.08. The first-order chi connectivity index (χ1) is 9.11. The second kappa shape index (κ2) is 6.22. The lowest BCUT2D eigenvalue weighted by Crippen LogP contribution is -2.12. The second-order valence-corrected chi connectivity index (χ2v) is 5.75. The maximum Gasteiger partial charge on any atom is 0.135 e. The molecule has 0 radical (unpaired) electrons. The van der Waals surface area contributed by atoms with Crippen LogP contribution in [-0.4, -0.2) is 23.1 Å². The summed E-state index contributed by atoms with van der Waals surface area (Å²) in [5.41, 5.74) is 1.13. The van der Waals surface area contributed by atoms with Gasteiger partial charge in [0.2, 0.25) is 0 Å². The molecule has 19 heavy (non-hydrogen) atoms. The highest BCUT2D eigenvalue weighted by molar-refractivity contribution is 5.57. The highest BCUT2D eigenvalue weighted by atomic mass is 15.1. The predicted molar refractivity (Wildman–Crippen MR) is 80.9 cm³/mol. The Morgan fingerprint density at radius 2 is 1.79 bits per heavy atom. The molecule has 1 aliphatic rings. The summed E-state index contributed by atoms with van der Waals surface area (Å²) >= 11 is 0. The van der Waals surface area contributed by atoms with Gasteiger partial charge in [-0.1, -0.05) is 26.7 Å². The smallest absolute Gasteiger partial charge is 0.135 e. The third kappa shape index (κ3) is 3.82. The monoisotopic (exact) mass is 262 g/mol. The van der Waals surface area contributed by atoms with Crippen LogP contribution < -0.4 is 10.6 Å². The quantitative estimate of drug-likeness (QED) is 0.789. The molecule has 0 aromatic carbocycles. The van der Waals surface area contributed by atoms with E-state index in [-0.39, 0.29) is 0 Å². The van der Waals surface area contributed by atoms with Crippen molar-refractivity contribution in [3.8, 4) is 0 Å². The zero-order valence-corrected chi connectivity index (χ0v) is 12.6. The summed E-state index contributed by atoms with van der Waals surface area (Å²) in [6.45, 7) is 10.4. The van der Waals surface area contributed by atoms with Crippen molar-refractivity contribution in [3.05, 3.63) is 11.4 Å². The lowest BCUT2D eigenvalue weighted by atomic mass is 10.2. The molecule has 0 unspecified atom stereocenters. The Kier molecular flexibility index (Phi) is 4.61. The molecule has 0 aliphatic heterocycles. The molecule has 106 valence electrons. The maximum absolute atomic E-state index is 4.67. The number of anilines is 2. The standard InChI is InChI=1S/C15H26N4/c1-5-16-14-11(4)15(17-9-8-12-6-7-12)19-13(18-14)10(2)3/h10,12H,5-9H2,1-4H3,(H2,16,17,18,19). The van der Waals surface area contributed by atoms with Gasteiger partial charge in [0.25, 0.3) is 0 Å². The van der Waals surface area contributed by atoms with Crippen molar-refractivity contribution in [1.29, 1.82) is 0 Å². The Bertz CT molecular complexity index is 424. The van der Waals surface area contributed by atoms with Crippen LogP contribution in [0.5, 0.6) is 0 Å². The van der Waals surface area contributed by atoms with Gasteiger partial charge in [-0.2, -0.15) is 0 Å². The Morgan fingerprint density at radius 3 is 2.32 bits per heavy atom. The van der Waals surface area contributed by atoms with Crippen molar-refractivity contribution in [2.24, 2.45) is 5.92 Å². The van der Waals surface area contributed by atoms with Gasteiger partial charge in [-0.3, -0.25) is 0 Å². The average Bonchev–Trinajstić information content (AvgIpc) is 3.17. The number of hydrogen-bond donors (Lipinski definition) is 2. The van der Waals surface area contributed by atoms with Crippen LogP contribution in [-0.2, 0) is 0 Å². The fraction of sp³-hybridized carbons (Fsp3) is 0.733. The molecule has 1 fully saturated rings.